The molecule has 1 aliphatic carbocycles. The molecule has 0 saturated heterocycles. The Balaban J connectivity index is 1.49. The van der Waals surface area contributed by atoms with E-state index in [1.165, 1.54) is 0 Å². The molecule has 0 aliphatic heterocycles. The van der Waals surface area contributed by atoms with Gasteiger partial charge in [-0.2, -0.15) is 0 Å². The van der Waals surface area contributed by atoms with Gasteiger partial charge in [0.15, 0.2) is 5.16 Å². The van der Waals surface area contributed by atoms with Gasteiger partial charge in [0.05, 0.1) is 4.90 Å². The first-order valence-corrected chi connectivity index (χ1v) is 13.3. The minimum atomic E-state index is -3.64. The number of aryl methyl sites for hydroxylation is 1. The van der Waals surface area contributed by atoms with Crippen LogP contribution in [0.25, 0.3) is 0 Å². The predicted molar refractivity (Wildman–Crippen MR) is 128 cm³/mol. The number of nitrogens with zero attached hydrogens (tertiary/aromatic N) is 3. The van der Waals surface area contributed by atoms with Gasteiger partial charge in [0.1, 0.15) is 5.82 Å². The maximum absolute atomic E-state index is 13.0. The summed E-state index contributed by atoms with van der Waals surface area (Å²) in [5.41, 5.74) is 1.96. The number of thioether (sulfide) groups is 1. The standard InChI is InChI=1S/C24H28N4O2S2/c1-3-16-28-23(20-11-12-20)25-26-24(28)31-17-15-22(19-7-5-4-6-8-19)27-32(29,30)21-13-9-18(2)10-14-21/h3-10,13-14,20,22,27H,1,11-12,15-17H2,2H3. The maximum atomic E-state index is 13.0. The molecule has 168 valence electrons. The Bertz CT molecular complexity index is 1150. The van der Waals surface area contributed by atoms with Gasteiger partial charge in [-0.15, -0.1) is 16.8 Å². The minimum Gasteiger partial charge on any atom is -0.302 e. The highest BCUT2D eigenvalue weighted by Crippen LogP contribution is 2.40. The third-order valence-electron chi connectivity index (χ3n) is 5.47. The average molecular weight is 469 g/mol. The zero-order chi connectivity index (χ0) is 22.6. The summed E-state index contributed by atoms with van der Waals surface area (Å²) in [6, 6.07) is 16.3. The van der Waals surface area contributed by atoms with E-state index in [1.807, 2.05) is 55.5 Å². The largest absolute Gasteiger partial charge is 0.302 e. The Kier molecular flexibility index (Phi) is 7.13. The summed E-state index contributed by atoms with van der Waals surface area (Å²) in [5, 5.41) is 9.64. The maximum Gasteiger partial charge on any atom is 0.241 e. The lowest BCUT2D eigenvalue weighted by atomic mass is 10.1. The molecule has 2 aromatic carbocycles. The first-order chi connectivity index (χ1) is 15.5. The molecule has 4 rings (SSSR count). The molecule has 1 unspecified atom stereocenters. The lowest BCUT2D eigenvalue weighted by molar-refractivity contribution is 0.551. The van der Waals surface area contributed by atoms with Crippen LogP contribution < -0.4 is 4.72 Å². The number of hydrogen-bond donors (Lipinski definition) is 1. The number of hydrogen-bond acceptors (Lipinski definition) is 5. The van der Waals surface area contributed by atoms with Crippen molar-refractivity contribution in [2.24, 2.45) is 0 Å². The van der Waals surface area contributed by atoms with Gasteiger partial charge in [0, 0.05) is 24.3 Å². The SMILES string of the molecule is C=CCn1c(SCCC(NS(=O)(=O)c2ccc(C)cc2)c2ccccc2)nnc1C1CC1. The van der Waals surface area contributed by atoms with E-state index in [9.17, 15) is 8.42 Å². The fraction of sp³-hybridized carbons (Fsp3) is 0.333. The molecule has 8 heteroatoms. The molecular formula is C24H28N4O2S2. The molecule has 1 saturated carbocycles. The molecule has 1 fully saturated rings. The van der Waals surface area contributed by atoms with E-state index in [0.29, 0.717) is 24.6 Å². The fourth-order valence-corrected chi connectivity index (χ4v) is 5.79. The highest BCUT2D eigenvalue weighted by atomic mass is 32.2. The lowest BCUT2D eigenvalue weighted by Gasteiger charge is -2.19. The van der Waals surface area contributed by atoms with Crippen LogP contribution in [0.15, 0.2) is 77.3 Å². The molecule has 1 aromatic heterocycles. The lowest BCUT2D eigenvalue weighted by Crippen LogP contribution is -2.29. The minimum absolute atomic E-state index is 0.275. The number of allylic oxidation sites excluding steroid dienone is 1. The van der Waals surface area contributed by atoms with Gasteiger partial charge in [-0.1, -0.05) is 65.9 Å². The van der Waals surface area contributed by atoms with E-state index in [1.54, 1.807) is 23.9 Å². The van der Waals surface area contributed by atoms with Crippen molar-refractivity contribution in [3.63, 3.8) is 0 Å². The van der Waals surface area contributed by atoms with Crippen molar-refractivity contribution in [1.82, 2.24) is 19.5 Å². The molecule has 0 amide bonds. The predicted octanol–water partition coefficient (Wildman–Crippen LogP) is 4.85. The van der Waals surface area contributed by atoms with Crippen LogP contribution in [0.3, 0.4) is 0 Å². The summed E-state index contributed by atoms with van der Waals surface area (Å²) in [4.78, 5) is 0.275. The molecule has 1 N–H and O–H groups in total. The Morgan fingerprint density at radius 3 is 2.53 bits per heavy atom. The van der Waals surface area contributed by atoms with Gasteiger partial charge in [0.2, 0.25) is 10.0 Å². The summed E-state index contributed by atoms with van der Waals surface area (Å²) < 4.78 is 31.1. The Labute approximate surface area is 194 Å². The first kappa shape index (κ1) is 22.8. The number of nitrogens with one attached hydrogen (secondary N) is 1. The first-order valence-electron chi connectivity index (χ1n) is 10.8. The summed E-state index contributed by atoms with van der Waals surface area (Å²) in [5.74, 6) is 2.25. The summed E-state index contributed by atoms with van der Waals surface area (Å²) >= 11 is 1.61. The number of sulfonamides is 1. The molecule has 0 spiro atoms. The summed E-state index contributed by atoms with van der Waals surface area (Å²) in [6.45, 7) is 6.48. The van der Waals surface area contributed by atoms with Gasteiger partial charge in [-0.25, -0.2) is 13.1 Å². The number of benzene rings is 2. The zero-order valence-electron chi connectivity index (χ0n) is 18.1. The smallest absolute Gasteiger partial charge is 0.241 e. The summed E-state index contributed by atoms with van der Waals surface area (Å²) in [7, 11) is -3.64. The number of aromatic nitrogens is 3. The van der Waals surface area contributed by atoms with Crippen LogP contribution in [0, 0.1) is 6.92 Å². The third-order valence-corrected chi connectivity index (χ3v) is 7.96. The Morgan fingerprint density at radius 2 is 1.88 bits per heavy atom. The van der Waals surface area contributed by atoms with Gasteiger partial charge in [-0.05, 0) is 43.9 Å². The van der Waals surface area contributed by atoms with E-state index < -0.39 is 10.0 Å². The van der Waals surface area contributed by atoms with Crippen molar-refractivity contribution in [3.05, 3.63) is 84.2 Å². The molecule has 1 atom stereocenters. The van der Waals surface area contributed by atoms with Crippen LogP contribution in [-0.4, -0.2) is 28.9 Å². The van der Waals surface area contributed by atoms with Crippen molar-refractivity contribution < 1.29 is 8.42 Å². The van der Waals surface area contributed by atoms with Crippen molar-refractivity contribution >= 4 is 21.8 Å². The van der Waals surface area contributed by atoms with Gasteiger partial charge in [-0.3, -0.25) is 0 Å². The van der Waals surface area contributed by atoms with E-state index in [4.69, 9.17) is 0 Å². The molecule has 1 aliphatic rings. The second-order valence-electron chi connectivity index (χ2n) is 8.05. The van der Waals surface area contributed by atoms with E-state index in [-0.39, 0.29) is 10.9 Å². The monoisotopic (exact) mass is 468 g/mol. The normalized spacial score (nSPS) is 14.9. The fourth-order valence-electron chi connectivity index (χ4n) is 3.57. The quantitative estimate of drug-likeness (QED) is 0.321. The molecular weight excluding hydrogens is 440 g/mol. The van der Waals surface area contributed by atoms with E-state index in [2.05, 4.69) is 26.1 Å². The molecule has 3 aromatic rings. The van der Waals surface area contributed by atoms with Gasteiger partial charge >= 0.3 is 0 Å². The number of rotatable bonds is 11. The molecule has 6 nitrogen and oxygen atoms in total. The van der Waals surface area contributed by atoms with Crippen molar-refractivity contribution in [2.75, 3.05) is 5.75 Å². The highest BCUT2D eigenvalue weighted by molar-refractivity contribution is 7.99. The van der Waals surface area contributed by atoms with Crippen molar-refractivity contribution in [2.45, 2.75) is 54.7 Å². The molecule has 0 radical (unpaired) electrons. The topological polar surface area (TPSA) is 76.9 Å². The molecule has 0 bridgehead atoms. The zero-order valence-corrected chi connectivity index (χ0v) is 19.8. The second-order valence-corrected chi connectivity index (χ2v) is 10.8. The third kappa shape index (κ3) is 5.49. The van der Waals surface area contributed by atoms with Crippen LogP contribution in [0.1, 0.15) is 48.2 Å². The van der Waals surface area contributed by atoms with Gasteiger partial charge in [0.25, 0.3) is 0 Å². The Hall–Kier alpha value is -2.42. The summed E-state index contributed by atoms with van der Waals surface area (Å²) in [6.07, 6.45) is 4.81. The molecule has 32 heavy (non-hydrogen) atoms. The molecule has 1 heterocycles. The van der Waals surface area contributed by atoms with E-state index >= 15 is 0 Å². The van der Waals surface area contributed by atoms with Crippen LogP contribution in [0.5, 0.6) is 0 Å². The highest BCUT2D eigenvalue weighted by Gasteiger charge is 2.30. The van der Waals surface area contributed by atoms with E-state index in [0.717, 1.165) is 34.9 Å². The van der Waals surface area contributed by atoms with Crippen LogP contribution in [0.4, 0.5) is 0 Å². The van der Waals surface area contributed by atoms with Crippen LogP contribution in [-0.2, 0) is 16.6 Å². The van der Waals surface area contributed by atoms with Crippen LogP contribution >= 0.6 is 11.8 Å². The van der Waals surface area contributed by atoms with Crippen LogP contribution in [0.2, 0.25) is 0 Å². The van der Waals surface area contributed by atoms with Gasteiger partial charge < -0.3 is 4.57 Å². The second kappa shape index (κ2) is 10.0. The van der Waals surface area contributed by atoms with Crippen molar-refractivity contribution in [3.8, 4) is 0 Å². The average Bonchev–Trinajstić information content (AvgIpc) is 3.56. The van der Waals surface area contributed by atoms with Crippen molar-refractivity contribution in [1.29, 1.82) is 0 Å². The Morgan fingerprint density at radius 1 is 1.16 bits per heavy atom.